The van der Waals surface area contributed by atoms with Gasteiger partial charge in [0, 0.05) is 56.2 Å². The lowest BCUT2D eigenvalue weighted by atomic mass is 9.33. The van der Waals surface area contributed by atoms with Gasteiger partial charge in [-0.3, -0.25) is 0 Å². The first kappa shape index (κ1) is 44.9. The highest BCUT2D eigenvalue weighted by Gasteiger charge is 2.61. The van der Waals surface area contributed by atoms with Gasteiger partial charge in [0.25, 0.3) is 6.71 Å². The van der Waals surface area contributed by atoms with Crippen LogP contribution in [0.15, 0.2) is 164 Å². The molecule has 4 heterocycles. The fraction of sp³-hybridized carbons (Fsp3) is 0.304. The van der Waals surface area contributed by atoms with Gasteiger partial charge in [-0.1, -0.05) is 178 Å². The first-order valence-electron chi connectivity index (χ1n) is 27.2. The van der Waals surface area contributed by atoms with Crippen LogP contribution in [-0.2, 0) is 39.0 Å². The van der Waals surface area contributed by atoms with E-state index in [0.29, 0.717) is 0 Å². The fourth-order valence-electron chi connectivity index (χ4n) is 15.1. The molecular weight excluding hydrogens is 882 g/mol. The van der Waals surface area contributed by atoms with Gasteiger partial charge in [0.2, 0.25) is 0 Å². The maximum absolute atomic E-state index is 2.80. The summed E-state index contributed by atoms with van der Waals surface area (Å²) in [5, 5.41) is 0. The summed E-state index contributed by atoms with van der Waals surface area (Å²) in [4.78, 5) is 8.15. The molecule has 3 unspecified atom stereocenters. The first-order valence-corrected chi connectivity index (χ1v) is 27.2. The van der Waals surface area contributed by atoms with Crippen LogP contribution in [0.5, 0.6) is 0 Å². The topological polar surface area (TPSA) is 9.72 Å². The number of hydrogen-bond donors (Lipinski definition) is 0. The smallest absolute Gasteiger partial charge is 0.252 e. The van der Waals surface area contributed by atoms with E-state index in [1.54, 1.807) is 0 Å². The zero-order valence-corrected chi connectivity index (χ0v) is 44.8. The van der Waals surface area contributed by atoms with E-state index in [-0.39, 0.29) is 33.8 Å². The Kier molecular flexibility index (Phi) is 9.05. The van der Waals surface area contributed by atoms with Crippen LogP contribution in [0, 0.1) is 0 Å². The molecule has 0 N–H and O–H groups in total. The number of aryl methyl sites for hydroxylation is 1. The molecule has 0 saturated heterocycles. The second kappa shape index (κ2) is 14.7. The fourth-order valence-corrected chi connectivity index (χ4v) is 15.1. The zero-order chi connectivity index (χ0) is 50.4. The van der Waals surface area contributed by atoms with Crippen LogP contribution in [0.1, 0.15) is 140 Å². The van der Waals surface area contributed by atoms with E-state index in [4.69, 9.17) is 0 Å². The number of anilines is 8. The minimum Gasteiger partial charge on any atom is -0.330 e. The molecule has 6 aliphatic rings. The highest BCUT2D eigenvalue weighted by atomic mass is 15.3. The van der Waals surface area contributed by atoms with Crippen LogP contribution >= 0.6 is 0 Å². The summed E-state index contributed by atoms with van der Waals surface area (Å²) in [5.41, 5.74) is 27.5. The molecule has 0 fully saturated rings. The lowest BCUT2D eigenvalue weighted by Crippen LogP contribution is -2.62. The van der Waals surface area contributed by atoms with Crippen molar-refractivity contribution < 1.29 is 0 Å². The molecule has 0 radical (unpaired) electrons. The van der Waals surface area contributed by atoms with Crippen molar-refractivity contribution in [1.82, 2.24) is 0 Å². The van der Waals surface area contributed by atoms with E-state index in [9.17, 15) is 0 Å². The lowest BCUT2D eigenvalue weighted by molar-refractivity contribution is 0.245. The number of rotatable bonds is 2. The van der Waals surface area contributed by atoms with Crippen molar-refractivity contribution in [3.8, 4) is 11.1 Å². The van der Waals surface area contributed by atoms with Gasteiger partial charge < -0.3 is 14.7 Å². The maximum atomic E-state index is 2.80. The first-order chi connectivity index (χ1) is 34.8. The van der Waals surface area contributed by atoms with Gasteiger partial charge in [0.05, 0.1) is 11.2 Å². The van der Waals surface area contributed by atoms with E-state index in [1.165, 1.54) is 118 Å². The van der Waals surface area contributed by atoms with Gasteiger partial charge in [0.15, 0.2) is 0 Å². The predicted octanol–water partition coefficient (Wildman–Crippen LogP) is 16.0. The summed E-state index contributed by atoms with van der Waals surface area (Å²) >= 11 is 0. The third-order valence-electron chi connectivity index (χ3n) is 19.5. The Morgan fingerprint density at radius 2 is 1.07 bits per heavy atom. The van der Waals surface area contributed by atoms with Crippen molar-refractivity contribution in [2.75, 3.05) is 14.7 Å². The molecule has 0 spiro atoms. The number of para-hydroxylation sites is 2. The normalized spacial score (nSPS) is 22.4. The minimum atomic E-state index is -0.392. The molecule has 0 amide bonds. The average molecular weight is 950 g/mol. The van der Waals surface area contributed by atoms with Gasteiger partial charge in [-0.25, -0.2) is 0 Å². The van der Waals surface area contributed by atoms with Gasteiger partial charge >= 0.3 is 0 Å². The Morgan fingerprint density at radius 1 is 0.425 bits per heavy atom. The highest BCUT2D eigenvalue weighted by Crippen LogP contribution is 2.65. The van der Waals surface area contributed by atoms with Crippen LogP contribution in [0.2, 0.25) is 0 Å². The molecule has 0 aromatic heterocycles. The van der Waals surface area contributed by atoms with E-state index >= 15 is 0 Å². The van der Waals surface area contributed by atoms with Crippen LogP contribution in [0.3, 0.4) is 0 Å². The van der Waals surface area contributed by atoms with Crippen molar-refractivity contribution in [2.45, 2.75) is 134 Å². The Hall–Kier alpha value is -6.78. The Balaban J connectivity index is 1.16. The monoisotopic (exact) mass is 950 g/mol. The third-order valence-corrected chi connectivity index (χ3v) is 19.5. The van der Waals surface area contributed by atoms with E-state index in [1.807, 2.05) is 0 Å². The second-order valence-corrected chi connectivity index (χ2v) is 26.0. The summed E-state index contributed by atoms with van der Waals surface area (Å²) in [5.74, 6) is 0. The van der Waals surface area contributed by atoms with Gasteiger partial charge in [-0.15, -0.1) is 0 Å². The van der Waals surface area contributed by atoms with Gasteiger partial charge in [-0.2, -0.15) is 0 Å². The number of benzene rings is 8. The van der Waals surface area contributed by atoms with Gasteiger partial charge in [0.1, 0.15) is 0 Å². The molecule has 4 heteroatoms. The number of nitrogens with zero attached hydrogens (tertiary/aromatic N) is 3. The quantitative estimate of drug-likeness (QED) is 0.160. The molecule has 3 atom stereocenters. The predicted molar refractivity (Wildman–Crippen MR) is 310 cm³/mol. The molecule has 8 aromatic carbocycles. The summed E-state index contributed by atoms with van der Waals surface area (Å²) < 4.78 is 0. The van der Waals surface area contributed by atoms with Crippen molar-refractivity contribution in [2.24, 2.45) is 0 Å². The minimum absolute atomic E-state index is 0.00440. The Morgan fingerprint density at radius 3 is 1.82 bits per heavy atom. The highest BCUT2D eigenvalue weighted by molar-refractivity contribution is 7.00. The number of fused-ring (bicyclic) bond motifs is 14. The molecule has 73 heavy (non-hydrogen) atoms. The molecule has 2 aliphatic carbocycles. The zero-order valence-electron chi connectivity index (χ0n) is 44.8. The van der Waals surface area contributed by atoms with Crippen molar-refractivity contribution in [1.29, 1.82) is 0 Å². The SMILES string of the molecule is CC(C)(C)c1ccc2c(c1)-c1ccccc1C1(C)CCC(C)(C)c3cc4c(cc31)N2c1cc(N2c3ccc(C(C)(C)C)cc3C3(C)CCc5ccccc5C23C)cc2c1B4c1ccccc1N2c1ccccc1. The summed E-state index contributed by atoms with van der Waals surface area (Å²) in [6.45, 7) is 26.9. The molecule has 3 nitrogen and oxygen atoms in total. The van der Waals surface area contributed by atoms with Crippen LogP contribution in [0.25, 0.3) is 11.1 Å². The summed E-state index contributed by atoms with van der Waals surface area (Å²) in [7, 11) is 0. The average Bonchev–Trinajstić information content (AvgIpc) is 3.63. The summed E-state index contributed by atoms with van der Waals surface area (Å²) in [6.07, 6.45) is 4.34. The van der Waals surface area contributed by atoms with Crippen LogP contribution in [-0.4, -0.2) is 6.71 Å². The van der Waals surface area contributed by atoms with E-state index < -0.39 is 5.54 Å². The Bertz CT molecular complexity index is 3660. The number of hydrogen-bond acceptors (Lipinski definition) is 3. The third kappa shape index (κ3) is 5.90. The Labute approximate surface area is 435 Å². The van der Waals surface area contributed by atoms with E-state index in [0.717, 1.165) is 25.7 Å². The lowest BCUT2D eigenvalue weighted by Gasteiger charge is -2.52. The molecule has 2 bridgehead atoms. The molecule has 0 saturated carbocycles. The van der Waals surface area contributed by atoms with Crippen LogP contribution < -0.4 is 31.1 Å². The molecule has 4 aliphatic heterocycles. The largest absolute Gasteiger partial charge is 0.330 e. The van der Waals surface area contributed by atoms with Gasteiger partial charge in [-0.05, 0) is 170 Å². The van der Waals surface area contributed by atoms with Crippen molar-refractivity contribution >= 4 is 68.6 Å². The molecule has 14 rings (SSSR count). The molecule has 8 aromatic rings. The standard InChI is InChI=1S/C69H68BN3/c1-64(2,3)44-29-31-57-49(37-44)48-24-16-18-26-51(48)67(9)36-35-66(7,8)52-41-56-60(42-53(52)67)72(57)62-40-47(39-61-63(62)70(56)55-27-19-20-28-59(55)71(61)46-22-13-12-14-23-46)73-58-32-30-45(65(4,5)6)38-54(58)68(10)34-33-43-21-15-17-25-50(43)69(68,73)11/h12-32,37-42H,33-36H2,1-11H3. The van der Waals surface area contributed by atoms with Crippen molar-refractivity contribution in [3.63, 3.8) is 0 Å². The molecule has 362 valence electrons. The second-order valence-electron chi connectivity index (χ2n) is 26.0. The van der Waals surface area contributed by atoms with Crippen molar-refractivity contribution in [3.05, 3.63) is 208 Å². The van der Waals surface area contributed by atoms with E-state index in [2.05, 4.69) is 255 Å². The van der Waals surface area contributed by atoms with Crippen LogP contribution in [0.4, 0.5) is 45.5 Å². The molecular formula is C69H68BN3. The maximum Gasteiger partial charge on any atom is 0.252 e. The summed E-state index contributed by atoms with van der Waals surface area (Å²) in [6, 6.07) is 64.9.